The van der Waals surface area contributed by atoms with E-state index in [1.165, 1.54) is 23.9 Å². The zero-order valence-electron chi connectivity index (χ0n) is 11.9. The van der Waals surface area contributed by atoms with E-state index in [1.54, 1.807) is 23.1 Å². The predicted molar refractivity (Wildman–Crippen MR) is 88.2 cm³/mol. The van der Waals surface area contributed by atoms with Gasteiger partial charge < -0.3 is 5.11 Å². The highest BCUT2D eigenvalue weighted by Crippen LogP contribution is 2.36. The highest BCUT2D eigenvalue weighted by atomic mass is 32.2. The summed E-state index contributed by atoms with van der Waals surface area (Å²) in [5.41, 5.74) is 0.632. The summed E-state index contributed by atoms with van der Waals surface area (Å²) in [6.07, 6.45) is 1.73. The molecule has 1 fully saturated rings. The van der Waals surface area contributed by atoms with Crippen LogP contribution in [0.2, 0.25) is 0 Å². The molecule has 0 aliphatic carbocycles. The molecule has 1 aromatic rings. The van der Waals surface area contributed by atoms with Gasteiger partial charge in [0.1, 0.15) is 4.32 Å². The van der Waals surface area contributed by atoms with E-state index in [2.05, 4.69) is 0 Å². The zero-order chi connectivity index (χ0) is 15.8. The maximum absolute atomic E-state index is 12.4. The van der Waals surface area contributed by atoms with Gasteiger partial charge in [0.05, 0.1) is 10.5 Å². The summed E-state index contributed by atoms with van der Waals surface area (Å²) in [5, 5.41) is 8.86. The molecule has 1 saturated heterocycles. The van der Waals surface area contributed by atoms with Crippen LogP contribution < -0.4 is 0 Å². The number of aromatic carboxylic acids is 1. The van der Waals surface area contributed by atoms with Crippen LogP contribution in [0.25, 0.3) is 6.08 Å². The van der Waals surface area contributed by atoms with Crippen LogP contribution in [0.4, 0.5) is 0 Å². The van der Waals surface area contributed by atoms with Crippen LogP contribution in [0.5, 0.6) is 0 Å². The smallest absolute Gasteiger partial charge is 0.335 e. The van der Waals surface area contributed by atoms with Gasteiger partial charge in [0.15, 0.2) is 0 Å². The van der Waals surface area contributed by atoms with Gasteiger partial charge >= 0.3 is 5.97 Å². The summed E-state index contributed by atoms with van der Waals surface area (Å²) in [7, 11) is 0. The summed E-state index contributed by atoms with van der Waals surface area (Å²) in [5.74, 6) is -1.08. The Balaban J connectivity index is 2.28. The highest BCUT2D eigenvalue weighted by Gasteiger charge is 2.38. The fourth-order valence-corrected chi connectivity index (χ4v) is 3.56. The van der Waals surface area contributed by atoms with Crippen molar-refractivity contribution in [2.24, 2.45) is 0 Å². The minimum Gasteiger partial charge on any atom is -0.478 e. The Kier molecular flexibility index (Phi) is 4.20. The second kappa shape index (κ2) is 5.61. The van der Waals surface area contributed by atoms with Gasteiger partial charge in [0.2, 0.25) is 0 Å². The van der Waals surface area contributed by atoms with Crippen LogP contribution in [0.15, 0.2) is 29.2 Å². The third-order valence-corrected chi connectivity index (χ3v) is 4.22. The first-order chi connectivity index (χ1) is 9.70. The van der Waals surface area contributed by atoms with Crippen molar-refractivity contribution >= 4 is 46.3 Å². The van der Waals surface area contributed by atoms with Crippen molar-refractivity contribution in [2.45, 2.75) is 26.3 Å². The number of thiocarbonyl (C=S) groups is 1. The maximum Gasteiger partial charge on any atom is 0.335 e. The van der Waals surface area contributed by atoms with Gasteiger partial charge in [-0.2, -0.15) is 0 Å². The Morgan fingerprint density at radius 2 is 1.86 bits per heavy atom. The molecular formula is C15H15NO3S2. The van der Waals surface area contributed by atoms with Crippen LogP contribution in [0.3, 0.4) is 0 Å². The lowest BCUT2D eigenvalue weighted by Crippen LogP contribution is -2.44. The number of carboxylic acid groups (broad SMARTS) is 1. The number of carbonyl (C=O) groups excluding carboxylic acids is 1. The summed E-state index contributed by atoms with van der Waals surface area (Å²) < 4.78 is 0.543. The summed E-state index contributed by atoms with van der Waals surface area (Å²) in [6, 6.07) is 6.37. The lowest BCUT2D eigenvalue weighted by molar-refractivity contribution is -0.125. The Hall–Kier alpha value is -1.66. The molecule has 1 amide bonds. The second-order valence-electron chi connectivity index (χ2n) is 5.62. The van der Waals surface area contributed by atoms with Crippen molar-refractivity contribution in [3.05, 3.63) is 40.3 Å². The molecule has 6 heteroatoms. The van der Waals surface area contributed by atoms with E-state index in [9.17, 15) is 9.59 Å². The first-order valence-corrected chi connectivity index (χ1v) is 7.54. The number of carboxylic acids is 1. The minimum absolute atomic E-state index is 0.111. The molecule has 4 nitrogen and oxygen atoms in total. The fraction of sp³-hybridized carbons (Fsp3) is 0.267. The molecule has 1 aliphatic rings. The van der Waals surface area contributed by atoms with Gasteiger partial charge in [-0.1, -0.05) is 36.1 Å². The Morgan fingerprint density at radius 1 is 1.29 bits per heavy atom. The first-order valence-electron chi connectivity index (χ1n) is 6.31. The molecule has 110 valence electrons. The molecule has 1 heterocycles. The number of benzene rings is 1. The van der Waals surface area contributed by atoms with E-state index < -0.39 is 5.97 Å². The van der Waals surface area contributed by atoms with Crippen LogP contribution in [0, 0.1) is 0 Å². The van der Waals surface area contributed by atoms with E-state index >= 15 is 0 Å². The van der Waals surface area contributed by atoms with Gasteiger partial charge in [-0.25, -0.2) is 4.79 Å². The summed E-state index contributed by atoms with van der Waals surface area (Å²) in [4.78, 5) is 25.4. The van der Waals surface area contributed by atoms with Gasteiger partial charge in [-0.05, 0) is 44.5 Å². The van der Waals surface area contributed by atoms with Gasteiger partial charge in [0, 0.05) is 5.54 Å². The molecule has 1 aromatic carbocycles. The maximum atomic E-state index is 12.4. The monoisotopic (exact) mass is 321 g/mol. The third-order valence-electron chi connectivity index (χ3n) is 2.92. The number of thioether (sulfide) groups is 1. The topological polar surface area (TPSA) is 57.6 Å². The van der Waals surface area contributed by atoms with E-state index in [-0.39, 0.29) is 17.0 Å². The van der Waals surface area contributed by atoms with Crippen molar-refractivity contribution in [2.75, 3.05) is 0 Å². The van der Waals surface area contributed by atoms with Crippen molar-refractivity contribution in [3.63, 3.8) is 0 Å². The predicted octanol–water partition coefficient (Wildman–Crippen LogP) is 3.38. The van der Waals surface area contributed by atoms with Crippen molar-refractivity contribution in [1.29, 1.82) is 0 Å². The molecule has 0 radical (unpaired) electrons. The quantitative estimate of drug-likeness (QED) is 0.668. The van der Waals surface area contributed by atoms with Gasteiger partial charge in [-0.15, -0.1) is 0 Å². The zero-order valence-corrected chi connectivity index (χ0v) is 13.5. The molecule has 1 aliphatic heterocycles. The molecular weight excluding hydrogens is 306 g/mol. The standard InChI is InChI=1S/C15H15NO3S2/c1-15(2,3)16-12(17)11(21-14(16)20)8-9-4-6-10(7-5-9)13(18)19/h4-8H,1-3H3,(H,18,19). The number of hydrogen-bond donors (Lipinski definition) is 1. The van der Waals surface area contributed by atoms with Gasteiger partial charge in [-0.3, -0.25) is 9.69 Å². The molecule has 21 heavy (non-hydrogen) atoms. The minimum atomic E-state index is -0.972. The highest BCUT2D eigenvalue weighted by molar-refractivity contribution is 8.26. The average molecular weight is 321 g/mol. The summed E-state index contributed by atoms with van der Waals surface area (Å²) >= 11 is 6.53. The van der Waals surface area contributed by atoms with E-state index in [0.717, 1.165) is 5.56 Å². The Morgan fingerprint density at radius 3 is 2.29 bits per heavy atom. The lowest BCUT2D eigenvalue weighted by Gasteiger charge is -2.30. The van der Waals surface area contributed by atoms with E-state index in [4.69, 9.17) is 17.3 Å². The normalized spacial score (nSPS) is 17.7. The average Bonchev–Trinajstić information content (AvgIpc) is 2.64. The van der Waals surface area contributed by atoms with Gasteiger partial charge in [0.25, 0.3) is 5.91 Å². The molecule has 2 rings (SSSR count). The second-order valence-corrected chi connectivity index (χ2v) is 7.29. The fourth-order valence-electron chi connectivity index (χ4n) is 1.92. The molecule has 0 unspecified atom stereocenters. The molecule has 1 N–H and O–H groups in total. The number of carbonyl (C=O) groups is 2. The Labute approximate surface area is 132 Å². The van der Waals surface area contributed by atoms with E-state index in [0.29, 0.717) is 9.23 Å². The first kappa shape index (κ1) is 15.7. The van der Waals surface area contributed by atoms with Crippen LogP contribution in [0.1, 0.15) is 36.7 Å². The molecule has 0 spiro atoms. The number of hydrogen-bond acceptors (Lipinski definition) is 4. The molecule has 0 saturated carbocycles. The van der Waals surface area contributed by atoms with Crippen molar-refractivity contribution in [3.8, 4) is 0 Å². The number of nitrogens with zero attached hydrogens (tertiary/aromatic N) is 1. The van der Waals surface area contributed by atoms with Crippen LogP contribution >= 0.6 is 24.0 Å². The SMILES string of the molecule is CC(C)(C)N1C(=O)C(=Cc2ccc(C(=O)O)cc2)SC1=S. The van der Waals surface area contributed by atoms with Crippen molar-refractivity contribution in [1.82, 2.24) is 4.90 Å². The largest absolute Gasteiger partial charge is 0.478 e. The van der Waals surface area contributed by atoms with Crippen molar-refractivity contribution < 1.29 is 14.7 Å². The van der Waals surface area contributed by atoms with Crippen LogP contribution in [-0.2, 0) is 4.79 Å². The van der Waals surface area contributed by atoms with Crippen LogP contribution in [-0.4, -0.2) is 31.7 Å². The number of rotatable bonds is 2. The molecule has 0 bridgehead atoms. The lowest BCUT2D eigenvalue weighted by atomic mass is 10.1. The Bertz CT molecular complexity index is 642. The van der Waals surface area contributed by atoms with E-state index in [1.807, 2.05) is 20.8 Å². The molecule has 0 atom stereocenters. The number of amides is 1. The third kappa shape index (κ3) is 3.33. The molecule has 0 aromatic heterocycles. The summed E-state index contributed by atoms with van der Waals surface area (Å²) in [6.45, 7) is 5.80.